The molecule has 0 radical (unpaired) electrons. The van der Waals surface area contributed by atoms with Gasteiger partial charge in [-0.15, -0.1) is 11.3 Å². The minimum atomic E-state index is -0.695. The maximum absolute atomic E-state index is 13.8. The van der Waals surface area contributed by atoms with Crippen LogP contribution in [-0.4, -0.2) is 34.8 Å². The zero-order valence-corrected chi connectivity index (χ0v) is 14.4. The molecule has 0 atom stereocenters. The van der Waals surface area contributed by atoms with Gasteiger partial charge in [0.1, 0.15) is 11.6 Å². The highest BCUT2D eigenvalue weighted by Gasteiger charge is 2.26. The van der Waals surface area contributed by atoms with Crippen molar-refractivity contribution in [3.8, 4) is 11.3 Å². The van der Waals surface area contributed by atoms with Gasteiger partial charge in [0.05, 0.1) is 5.69 Å². The molecule has 25 heavy (non-hydrogen) atoms. The summed E-state index contributed by atoms with van der Waals surface area (Å²) in [5.41, 5.74) is 0.539. The van der Waals surface area contributed by atoms with Crippen LogP contribution in [0.15, 0.2) is 23.6 Å². The van der Waals surface area contributed by atoms with E-state index < -0.39 is 11.6 Å². The number of hydrogen-bond donors (Lipinski definition) is 1. The van der Waals surface area contributed by atoms with Gasteiger partial charge in [0.25, 0.3) is 0 Å². The van der Waals surface area contributed by atoms with E-state index in [1.54, 1.807) is 10.3 Å². The Morgan fingerprint density at radius 3 is 2.64 bits per heavy atom. The highest BCUT2D eigenvalue weighted by Crippen LogP contribution is 2.28. The number of carbonyl (C=O) groups excluding carboxylic acids is 2. The number of halogens is 2. The minimum absolute atomic E-state index is 0.0183. The average molecular weight is 365 g/mol. The number of hydrogen-bond acceptors (Lipinski definition) is 4. The van der Waals surface area contributed by atoms with Crippen molar-refractivity contribution in [3.05, 3.63) is 35.2 Å². The average Bonchev–Trinajstić information content (AvgIpc) is 3.03. The number of likely N-dealkylation sites (tertiary alicyclic amines) is 1. The van der Waals surface area contributed by atoms with E-state index in [0.717, 1.165) is 6.07 Å². The number of rotatable bonds is 3. The van der Waals surface area contributed by atoms with Crippen LogP contribution in [0.4, 0.5) is 13.9 Å². The minimum Gasteiger partial charge on any atom is -0.343 e. The molecule has 1 N–H and O–H groups in total. The van der Waals surface area contributed by atoms with Gasteiger partial charge in [-0.25, -0.2) is 13.8 Å². The number of nitrogens with zero attached hydrogens (tertiary/aromatic N) is 2. The largest absolute Gasteiger partial charge is 0.343 e. The number of nitrogens with one attached hydrogen (secondary N) is 1. The molecule has 0 bridgehead atoms. The Kier molecular flexibility index (Phi) is 5.08. The molecule has 1 saturated heterocycles. The molecule has 0 spiro atoms. The Morgan fingerprint density at radius 2 is 2.00 bits per heavy atom. The standard InChI is InChI=1S/C17H17F2N3O2S/c1-10(23)22-6-4-11(5-7-22)16(24)21-17-20-15(9-25-17)13-3-2-12(18)8-14(13)19/h2-3,8-9,11H,4-7H2,1H3,(H,20,21,24). The predicted octanol–water partition coefficient (Wildman–Crippen LogP) is 3.29. The van der Waals surface area contributed by atoms with Gasteiger partial charge in [0.2, 0.25) is 11.8 Å². The Labute approximate surface area is 147 Å². The first kappa shape index (κ1) is 17.5. The van der Waals surface area contributed by atoms with Crippen LogP contribution < -0.4 is 5.32 Å². The summed E-state index contributed by atoms with van der Waals surface area (Å²) >= 11 is 1.19. The van der Waals surface area contributed by atoms with Crippen LogP contribution in [0.5, 0.6) is 0 Å². The maximum Gasteiger partial charge on any atom is 0.229 e. The quantitative estimate of drug-likeness (QED) is 0.908. The van der Waals surface area contributed by atoms with Crippen LogP contribution in [-0.2, 0) is 9.59 Å². The molecule has 1 aromatic heterocycles. The van der Waals surface area contributed by atoms with Gasteiger partial charge in [0.15, 0.2) is 5.13 Å². The zero-order chi connectivity index (χ0) is 18.0. The van der Waals surface area contributed by atoms with E-state index in [4.69, 9.17) is 0 Å². The fourth-order valence-corrected chi connectivity index (χ4v) is 3.53. The number of piperidine rings is 1. The number of benzene rings is 1. The molecule has 0 aliphatic carbocycles. The van der Waals surface area contributed by atoms with Crippen LogP contribution >= 0.6 is 11.3 Å². The van der Waals surface area contributed by atoms with E-state index in [0.29, 0.717) is 36.8 Å². The molecule has 2 heterocycles. The van der Waals surface area contributed by atoms with Crippen molar-refractivity contribution in [2.24, 2.45) is 5.92 Å². The summed E-state index contributed by atoms with van der Waals surface area (Å²) in [4.78, 5) is 29.6. The molecule has 1 aromatic carbocycles. The summed E-state index contributed by atoms with van der Waals surface area (Å²) in [6.45, 7) is 2.65. The fourth-order valence-electron chi connectivity index (χ4n) is 2.82. The van der Waals surface area contributed by atoms with Crippen molar-refractivity contribution in [2.45, 2.75) is 19.8 Å². The molecular weight excluding hydrogens is 348 g/mol. The first-order valence-corrected chi connectivity index (χ1v) is 8.79. The maximum atomic E-state index is 13.8. The first-order valence-electron chi connectivity index (χ1n) is 7.91. The van der Waals surface area contributed by atoms with E-state index in [9.17, 15) is 18.4 Å². The van der Waals surface area contributed by atoms with Crippen molar-refractivity contribution in [2.75, 3.05) is 18.4 Å². The number of thiazole rings is 1. The molecule has 0 unspecified atom stereocenters. The lowest BCUT2D eigenvalue weighted by molar-refractivity contribution is -0.132. The van der Waals surface area contributed by atoms with Gasteiger partial charge in [-0.3, -0.25) is 9.59 Å². The molecule has 2 amide bonds. The number of carbonyl (C=O) groups is 2. The predicted molar refractivity (Wildman–Crippen MR) is 91.1 cm³/mol. The molecule has 2 aromatic rings. The summed E-state index contributed by atoms with van der Waals surface area (Å²) < 4.78 is 26.8. The molecular formula is C17H17F2N3O2S. The molecule has 1 fully saturated rings. The SMILES string of the molecule is CC(=O)N1CCC(C(=O)Nc2nc(-c3ccc(F)cc3F)cs2)CC1. The highest BCUT2D eigenvalue weighted by molar-refractivity contribution is 7.14. The van der Waals surface area contributed by atoms with Crippen molar-refractivity contribution < 1.29 is 18.4 Å². The third-order valence-corrected chi connectivity index (χ3v) is 5.01. The number of aromatic nitrogens is 1. The molecule has 1 aliphatic heterocycles. The summed E-state index contributed by atoms with van der Waals surface area (Å²) in [5.74, 6) is -1.65. The van der Waals surface area contributed by atoms with Crippen LogP contribution in [0.1, 0.15) is 19.8 Å². The van der Waals surface area contributed by atoms with Gasteiger partial charge >= 0.3 is 0 Å². The van der Waals surface area contributed by atoms with Gasteiger partial charge in [-0.05, 0) is 25.0 Å². The van der Waals surface area contributed by atoms with Crippen molar-refractivity contribution in [1.82, 2.24) is 9.88 Å². The molecule has 8 heteroatoms. The van der Waals surface area contributed by atoms with E-state index in [1.807, 2.05) is 0 Å². The Morgan fingerprint density at radius 1 is 1.28 bits per heavy atom. The molecule has 5 nitrogen and oxygen atoms in total. The third-order valence-electron chi connectivity index (χ3n) is 4.25. The second kappa shape index (κ2) is 7.26. The van der Waals surface area contributed by atoms with Gasteiger partial charge in [0, 0.05) is 42.9 Å². The highest BCUT2D eigenvalue weighted by atomic mass is 32.1. The Bertz CT molecular complexity index is 801. The first-order chi connectivity index (χ1) is 11.9. The van der Waals surface area contributed by atoms with Crippen molar-refractivity contribution in [3.63, 3.8) is 0 Å². The van der Waals surface area contributed by atoms with Gasteiger partial charge < -0.3 is 10.2 Å². The van der Waals surface area contributed by atoms with Crippen molar-refractivity contribution >= 4 is 28.3 Å². The van der Waals surface area contributed by atoms with Crippen LogP contribution in [0.3, 0.4) is 0 Å². The number of anilines is 1. The second-order valence-corrected chi connectivity index (χ2v) is 6.79. The van der Waals surface area contributed by atoms with E-state index in [2.05, 4.69) is 10.3 Å². The molecule has 0 saturated carbocycles. The second-order valence-electron chi connectivity index (χ2n) is 5.93. The normalized spacial score (nSPS) is 15.2. The Hall–Kier alpha value is -2.35. The molecule has 3 rings (SSSR count). The smallest absolute Gasteiger partial charge is 0.229 e. The van der Waals surface area contributed by atoms with Crippen LogP contribution in [0.25, 0.3) is 11.3 Å². The zero-order valence-electron chi connectivity index (χ0n) is 13.6. The molecule has 1 aliphatic rings. The topological polar surface area (TPSA) is 62.3 Å². The van der Waals surface area contributed by atoms with E-state index >= 15 is 0 Å². The fraction of sp³-hybridized carbons (Fsp3) is 0.353. The van der Waals surface area contributed by atoms with Gasteiger partial charge in [-0.2, -0.15) is 0 Å². The summed E-state index contributed by atoms with van der Waals surface area (Å²) in [6.07, 6.45) is 1.21. The number of amides is 2. The summed E-state index contributed by atoms with van der Waals surface area (Å²) in [5, 5.41) is 4.73. The van der Waals surface area contributed by atoms with Gasteiger partial charge in [-0.1, -0.05) is 0 Å². The lowest BCUT2D eigenvalue weighted by Crippen LogP contribution is -2.40. The summed E-state index contributed by atoms with van der Waals surface area (Å²) in [6, 6.07) is 3.29. The van der Waals surface area contributed by atoms with Crippen LogP contribution in [0, 0.1) is 17.6 Å². The van der Waals surface area contributed by atoms with E-state index in [-0.39, 0.29) is 23.3 Å². The summed E-state index contributed by atoms with van der Waals surface area (Å²) in [7, 11) is 0. The molecule has 132 valence electrons. The van der Waals surface area contributed by atoms with Crippen molar-refractivity contribution in [1.29, 1.82) is 0 Å². The lowest BCUT2D eigenvalue weighted by atomic mass is 9.96. The van der Waals surface area contributed by atoms with E-state index in [1.165, 1.54) is 30.4 Å². The lowest BCUT2D eigenvalue weighted by Gasteiger charge is -2.30. The monoisotopic (exact) mass is 365 g/mol. The Balaban J connectivity index is 1.63. The third kappa shape index (κ3) is 4.01. The van der Waals surface area contributed by atoms with Crippen LogP contribution in [0.2, 0.25) is 0 Å².